The number of ether oxygens (including phenoxy) is 2. The number of fused-ring (bicyclic) bond motifs is 1. The van der Waals surface area contributed by atoms with E-state index in [9.17, 15) is 9.18 Å². The molecule has 1 aliphatic heterocycles. The molecule has 2 aromatic carbocycles. The second kappa shape index (κ2) is 11.1. The highest BCUT2D eigenvalue weighted by molar-refractivity contribution is 6.08. The number of anilines is 3. The zero-order valence-corrected chi connectivity index (χ0v) is 21.3. The van der Waals surface area contributed by atoms with Gasteiger partial charge in [0.2, 0.25) is 0 Å². The second-order valence-corrected chi connectivity index (χ2v) is 9.31. The minimum absolute atomic E-state index is 0.186. The van der Waals surface area contributed by atoms with Gasteiger partial charge in [0.1, 0.15) is 18.2 Å². The maximum atomic E-state index is 14.7. The van der Waals surface area contributed by atoms with Crippen LogP contribution in [0.3, 0.4) is 0 Å². The first-order valence-corrected chi connectivity index (χ1v) is 12.2. The van der Waals surface area contributed by atoms with Gasteiger partial charge in [-0.25, -0.2) is 4.39 Å². The zero-order valence-electron chi connectivity index (χ0n) is 21.3. The van der Waals surface area contributed by atoms with E-state index in [-0.39, 0.29) is 11.3 Å². The molecule has 3 N–H and O–H groups in total. The molecule has 0 saturated carbocycles. The quantitative estimate of drug-likeness (QED) is 0.432. The van der Waals surface area contributed by atoms with Gasteiger partial charge >= 0.3 is 0 Å². The minimum Gasteiger partial charge on any atom is -0.489 e. The van der Waals surface area contributed by atoms with Crippen LogP contribution in [0.5, 0.6) is 5.75 Å². The van der Waals surface area contributed by atoms with Crippen molar-refractivity contribution < 1.29 is 18.7 Å². The van der Waals surface area contributed by atoms with Gasteiger partial charge in [-0.15, -0.1) is 0 Å². The molecule has 0 atom stereocenters. The molecule has 9 heteroatoms. The highest BCUT2D eigenvalue weighted by atomic mass is 19.1. The number of nitrogens with two attached hydrogens (primary N) is 1. The third-order valence-electron chi connectivity index (χ3n) is 6.53. The number of piperazine rings is 1. The number of amides is 1. The van der Waals surface area contributed by atoms with Crippen LogP contribution in [0.15, 0.2) is 36.5 Å². The van der Waals surface area contributed by atoms with Gasteiger partial charge < -0.3 is 25.4 Å². The van der Waals surface area contributed by atoms with Gasteiger partial charge in [-0.2, -0.15) is 0 Å². The third-order valence-corrected chi connectivity index (χ3v) is 6.53. The summed E-state index contributed by atoms with van der Waals surface area (Å²) in [6, 6.07) is 9.18. The van der Waals surface area contributed by atoms with Crippen molar-refractivity contribution in [3.05, 3.63) is 53.5 Å². The normalized spacial score (nSPS) is 14.4. The van der Waals surface area contributed by atoms with Gasteiger partial charge in [0, 0.05) is 57.0 Å². The number of aryl methyl sites for hydroxylation is 1. The van der Waals surface area contributed by atoms with Crippen LogP contribution >= 0.6 is 0 Å². The SMILES string of the molecule is COCCOc1cc2ncc(C(N)=O)c(Nc3ccc(C)cc3F)c2cc1N1CCN(C(C)C)CC1. The summed E-state index contributed by atoms with van der Waals surface area (Å²) in [7, 11) is 1.63. The van der Waals surface area contributed by atoms with Crippen LogP contribution in [-0.2, 0) is 4.74 Å². The zero-order chi connectivity index (χ0) is 25.8. The van der Waals surface area contributed by atoms with E-state index < -0.39 is 11.7 Å². The Hall–Kier alpha value is -3.43. The van der Waals surface area contributed by atoms with Gasteiger partial charge in [-0.3, -0.25) is 14.7 Å². The Balaban J connectivity index is 1.82. The molecule has 192 valence electrons. The molecule has 4 rings (SSSR count). The smallest absolute Gasteiger partial charge is 0.252 e. The Kier molecular flexibility index (Phi) is 7.91. The van der Waals surface area contributed by atoms with E-state index in [0.717, 1.165) is 37.4 Å². The molecule has 8 nitrogen and oxygen atoms in total. The van der Waals surface area contributed by atoms with Crippen molar-refractivity contribution in [2.75, 3.05) is 56.7 Å². The van der Waals surface area contributed by atoms with Crippen molar-refractivity contribution in [3.63, 3.8) is 0 Å². The fourth-order valence-corrected chi connectivity index (χ4v) is 4.46. The van der Waals surface area contributed by atoms with Gasteiger partial charge in [-0.1, -0.05) is 6.07 Å². The summed E-state index contributed by atoms with van der Waals surface area (Å²) in [5.74, 6) is -0.379. The lowest BCUT2D eigenvalue weighted by atomic mass is 10.1. The lowest BCUT2D eigenvalue weighted by Crippen LogP contribution is -2.49. The first kappa shape index (κ1) is 25.7. The van der Waals surface area contributed by atoms with Gasteiger partial charge in [-0.05, 0) is 44.5 Å². The number of carbonyl (C=O) groups excluding carboxylic acids is 1. The predicted molar refractivity (Wildman–Crippen MR) is 141 cm³/mol. The molecule has 0 aliphatic carbocycles. The predicted octanol–water partition coefficient (Wildman–Crippen LogP) is 4.08. The number of halogens is 1. The number of benzene rings is 2. The van der Waals surface area contributed by atoms with Crippen molar-refractivity contribution in [2.45, 2.75) is 26.8 Å². The Morgan fingerprint density at radius 2 is 1.92 bits per heavy atom. The van der Waals surface area contributed by atoms with E-state index in [0.29, 0.717) is 41.6 Å². The molecule has 2 heterocycles. The van der Waals surface area contributed by atoms with E-state index in [1.165, 1.54) is 12.3 Å². The van der Waals surface area contributed by atoms with E-state index in [1.807, 2.05) is 19.1 Å². The largest absolute Gasteiger partial charge is 0.489 e. The van der Waals surface area contributed by atoms with Crippen LogP contribution in [0, 0.1) is 12.7 Å². The van der Waals surface area contributed by atoms with Gasteiger partial charge in [0.15, 0.2) is 0 Å². The molecule has 0 bridgehead atoms. The molecule has 36 heavy (non-hydrogen) atoms. The average Bonchev–Trinajstić information content (AvgIpc) is 2.85. The summed E-state index contributed by atoms with van der Waals surface area (Å²) < 4.78 is 26.0. The topological polar surface area (TPSA) is 92.9 Å². The van der Waals surface area contributed by atoms with Crippen molar-refractivity contribution in [1.82, 2.24) is 9.88 Å². The molecule has 0 unspecified atom stereocenters. The summed E-state index contributed by atoms with van der Waals surface area (Å²) in [5, 5.41) is 3.77. The molecule has 1 aromatic heterocycles. The summed E-state index contributed by atoms with van der Waals surface area (Å²) in [5.41, 5.74) is 8.84. The first-order valence-electron chi connectivity index (χ1n) is 12.2. The summed E-state index contributed by atoms with van der Waals surface area (Å²) in [4.78, 5) is 21.5. The van der Waals surface area contributed by atoms with E-state index >= 15 is 0 Å². The van der Waals surface area contributed by atoms with Crippen molar-refractivity contribution in [2.24, 2.45) is 5.73 Å². The van der Waals surface area contributed by atoms with Crippen LogP contribution in [-0.4, -0.2) is 68.3 Å². The maximum Gasteiger partial charge on any atom is 0.252 e. The highest BCUT2D eigenvalue weighted by Crippen LogP contribution is 2.38. The highest BCUT2D eigenvalue weighted by Gasteiger charge is 2.24. The summed E-state index contributed by atoms with van der Waals surface area (Å²) in [6.07, 6.45) is 1.42. The molecule has 1 saturated heterocycles. The fourth-order valence-electron chi connectivity index (χ4n) is 4.46. The van der Waals surface area contributed by atoms with Gasteiger partial charge in [0.05, 0.1) is 34.7 Å². The van der Waals surface area contributed by atoms with Crippen LogP contribution in [0.4, 0.5) is 21.5 Å². The number of primary amides is 1. The Morgan fingerprint density at radius 3 is 2.56 bits per heavy atom. The van der Waals surface area contributed by atoms with Crippen LogP contribution in [0.1, 0.15) is 29.8 Å². The second-order valence-electron chi connectivity index (χ2n) is 9.31. The average molecular weight is 496 g/mol. The number of aromatic nitrogens is 1. The van der Waals surface area contributed by atoms with Crippen molar-refractivity contribution in [3.8, 4) is 5.75 Å². The van der Waals surface area contributed by atoms with Crippen molar-refractivity contribution >= 4 is 33.9 Å². The van der Waals surface area contributed by atoms with Crippen molar-refractivity contribution in [1.29, 1.82) is 0 Å². The number of methoxy groups -OCH3 is 1. The van der Waals surface area contributed by atoms with Crippen LogP contribution < -0.4 is 20.7 Å². The van der Waals surface area contributed by atoms with Crippen LogP contribution in [0.25, 0.3) is 10.9 Å². The monoisotopic (exact) mass is 495 g/mol. The van der Waals surface area contributed by atoms with Gasteiger partial charge in [0.25, 0.3) is 5.91 Å². The minimum atomic E-state index is -0.646. The van der Waals surface area contributed by atoms with E-state index in [1.54, 1.807) is 19.2 Å². The number of hydrogen-bond acceptors (Lipinski definition) is 7. The lowest BCUT2D eigenvalue weighted by Gasteiger charge is -2.38. The standard InChI is InChI=1S/C27H34FN5O3/c1-17(2)32-7-9-33(10-8-32)24-14-19-23(15-25(24)36-12-11-35-4)30-16-20(27(29)34)26(19)31-22-6-5-18(3)13-21(22)28/h5-6,13-17H,7-12H2,1-4H3,(H2,29,34)(H,30,31). The molecule has 1 fully saturated rings. The number of nitrogens with one attached hydrogen (secondary N) is 1. The number of rotatable bonds is 9. The Morgan fingerprint density at radius 1 is 1.17 bits per heavy atom. The van der Waals surface area contributed by atoms with E-state index in [2.05, 4.69) is 33.9 Å². The van der Waals surface area contributed by atoms with Crippen LogP contribution in [0.2, 0.25) is 0 Å². The van der Waals surface area contributed by atoms with E-state index in [4.69, 9.17) is 15.2 Å². The lowest BCUT2D eigenvalue weighted by molar-refractivity contribution is 0.100. The molecule has 1 amide bonds. The first-order chi connectivity index (χ1) is 17.3. The fraction of sp³-hybridized carbons (Fsp3) is 0.407. The molecule has 0 radical (unpaired) electrons. The number of hydrogen-bond donors (Lipinski definition) is 2. The maximum absolute atomic E-state index is 14.7. The molecule has 1 aliphatic rings. The third kappa shape index (κ3) is 5.52. The Labute approximate surface area is 211 Å². The molecule has 0 spiro atoms. The summed E-state index contributed by atoms with van der Waals surface area (Å²) >= 11 is 0. The number of nitrogens with zero attached hydrogens (tertiary/aromatic N) is 3. The Bertz CT molecular complexity index is 1240. The number of carbonyl (C=O) groups is 1. The molecular weight excluding hydrogens is 461 g/mol. The number of pyridine rings is 1. The summed E-state index contributed by atoms with van der Waals surface area (Å²) in [6.45, 7) is 10.5. The molecular formula is C27H34FN5O3. The molecule has 3 aromatic rings.